The Labute approximate surface area is 260 Å². The smallest absolute Gasteiger partial charge is 0.352 e. The van der Waals surface area contributed by atoms with Gasteiger partial charge in [-0.25, -0.2) is 22.0 Å². The van der Waals surface area contributed by atoms with Crippen LogP contribution in [0.2, 0.25) is 0 Å². The zero-order valence-corrected chi connectivity index (χ0v) is 25.0. The van der Waals surface area contributed by atoms with Crippen molar-refractivity contribution < 1.29 is 41.4 Å². The topological polar surface area (TPSA) is 193 Å². The van der Waals surface area contributed by atoms with Crippen molar-refractivity contribution in [2.24, 2.45) is 5.73 Å². The fourth-order valence-corrected chi connectivity index (χ4v) is 6.94. The Morgan fingerprint density at radius 1 is 1.11 bits per heavy atom. The number of hydrogen-bond donors (Lipinski definition) is 4. The minimum absolute atomic E-state index is 0.0285. The summed E-state index contributed by atoms with van der Waals surface area (Å²) in [5.74, 6) is -5.07. The summed E-state index contributed by atoms with van der Waals surface area (Å²) in [6.07, 6.45) is 1.36. The Kier molecular flexibility index (Phi) is 7.83. The van der Waals surface area contributed by atoms with Gasteiger partial charge in [-0.3, -0.25) is 19.6 Å². The number of likely N-dealkylation sites (N-methyl/N-ethyl adjacent to an activating group) is 1. The van der Waals surface area contributed by atoms with E-state index in [0.717, 1.165) is 4.31 Å². The standard InChI is InChI=1S/C29H27F2N7O7S/c1-36-12-17(13-36)45-25-11-19(26(32)39)20(10-24(25)38-5-2-3-23(38)29(41)42)28(40)33-27-21-14-37(6-4-22(21)34-35-27)46(43,44)18-8-15(30)7-16(31)9-18/h2-3,5,7-11,17H,4,6,12-14H2,1H3,(H2,32,39)(H,41,42)(H2,33,34,35,40). The van der Waals surface area contributed by atoms with Gasteiger partial charge in [0, 0.05) is 56.1 Å². The molecule has 17 heteroatoms. The Morgan fingerprint density at radius 3 is 2.48 bits per heavy atom. The Hall–Kier alpha value is -5.13. The van der Waals surface area contributed by atoms with Crippen LogP contribution >= 0.6 is 0 Å². The number of aromatic carboxylic acids is 1. The molecule has 46 heavy (non-hydrogen) atoms. The van der Waals surface area contributed by atoms with Crippen LogP contribution in [-0.2, 0) is 23.0 Å². The number of benzene rings is 2. The van der Waals surface area contributed by atoms with Crippen molar-refractivity contribution in [3.8, 4) is 11.4 Å². The fourth-order valence-electron chi connectivity index (χ4n) is 5.48. The second kappa shape index (κ2) is 11.7. The third-order valence-electron chi connectivity index (χ3n) is 7.77. The zero-order chi connectivity index (χ0) is 32.9. The van der Waals surface area contributed by atoms with Crippen LogP contribution in [0.4, 0.5) is 14.6 Å². The van der Waals surface area contributed by atoms with Crippen molar-refractivity contribution in [3.63, 3.8) is 0 Å². The van der Waals surface area contributed by atoms with Crippen LogP contribution < -0.4 is 15.8 Å². The molecule has 4 heterocycles. The molecule has 2 aliphatic heterocycles. The summed E-state index contributed by atoms with van der Waals surface area (Å²) >= 11 is 0. The summed E-state index contributed by atoms with van der Waals surface area (Å²) in [4.78, 5) is 39.7. The maximum Gasteiger partial charge on any atom is 0.352 e. The number of amides is 2. The van der Waals surface area contributed by atoms with Crippen LogP contribution in [-0.4, -0.2) is 88.1 Å². The van der Waals surface area contributed by atoms with Gasteiger partial charge in [-0.15, -0.1) is 0 Å². The fraction of sp³-hybridized carbons (Fsp3) is 0.241. The van der Waals surface area contributed by atoms with Gasteiger partial charge in [-0.1, -0.05) is 0 Å². The quantitative estimate of drug-likeness (QED) is 0.209. The number of primary amides is 1. The van der Waals surface area contributed by atoms with E-state index in [4.69, 9.17) is 10.5 Å². The molecule has 2 aromatic heterocycles. The third kappa shape index (κ3) is 5.70. The number of halogens is 2. The Morgan fingerprint density at radius 2 is 1.83 bits per heavy atom. The van der Waals surface area contributed by atoms with E-state index in [-0.39, 0.29) is 59.7 Å². The first kappa shape index (κ1) is 30.9. The van der Waals surface area contributed by atoms with Gasteiger partial charge in [-0.05, 0) is 43.4 Å². The third-order valence-corrected chi connectivity index (χ3v) is 9.59. The van der Waals surface area contributed by atoms with E-state index < -0.39 is 44.3 Å². The molecule has 1 saturated heterocycles. The number of aromatic amines is 1. The number of likely N-dealkylation sites (tertiary alicyclic amines) is 1. The van der Waals surface area contributed by atoms with E-state index in [1.165, 1.54) is 35.0 Å². The molecule has 0 saturated carbocycles. The first-order valence-corrected chi connectivity index (χ1v) is 15.3. The van der Waals surface area contributed by atoms with Gasteiger partial charge in [0.05, 0.1) is 21.7 Å². The average Bonchev–Trinajstić information content (AvgIpc) is 3.63. The highest BCUT2D eigenvalue weighted by Crippen LogP contribution is 2.33. The minimum Gasteiger partial charge on any atom is -0.486 e. The average molecular weight is 656 g/mol. The van der Waals surface area contributed by atoms with E-state index >= 15 is 0 Å². The summed E-state index contributed by atoms with van der Waals surface area (Å²) in [6, 6.07) is 7.42. The number of H-pyrrole nitrogens is 1. The lowest BCUT2D eigenvalue weighted by molar-refractivity contribution is 0.0387. The Balaban J connectivity index is 1.34. The summed E-state index contributed by atoms with van der Waals surface area (Å²) < 4.78 is 62.5. The van der Waals surface area contributed by atoms with Gasteiger partial charge in [0.1, 0.15) is 29.2 Å². The van der Waals surface area contributed by atoms with Gasteiger partial charge < -0.3 is 25.5 Å². The number of carbonyl (C=O) groups excluding carboxylic acids is 2. The van der Waals surface area contributed by atoms with E-state index in [1.54, 1.807) is 0 Å². The van der Waals surface area contributed by atoms with Crippen molar-refractivity contribution in [1.82, 2.24) is 24.0 Å². The molecule has 0 radical (unpaired) electrons. The van der Waals surface area contributed by atoms with E-state index in [9.17, 15) is 36.7 Å². The molecule has 0 atom stereocenters. The van der Waals surface area contributed by atoms with Crippen molar-refractivity contribution in [1.29, 1.82) is 0 Å². The molecule has 2 amide bonds. The first-order valence-electron chi connectivity index (χ1n) is 13.9. The molecule has 6 rings (SSSR count). The van der Waals surface area contributed by atoms with Gasteiger partial charge in [0.15, 0.2) is 5.82 Å². The van der Waals surface area contributed by atoms with Crippen LogP contribution in [0, 0.1) is 11.6 Å². The number of carboxylic acids is 1. The molecule has 14 nitrogen and oxygen atoms in total. The number of ether oxygens (including phenoxy) is 1. The summed E-state index contributed by atoms with van der Waals surface area (Å²) in [5.41, 5.74) is 6.08. The number of sulfonamides is 1. The van der Waals surface area contributed by atoms with Crippen LogP contribution in [0.25, 0.3) is 5.69 Å². The molecule has 0 spiro atoms. The van der Waals surface area contributed by atoms with Crippen LogP contribution in [0.15, 0.2) is 53.6 Å². The highest BCUT2D eigenvalue weighted by Gasteiger charge is 2.33. The number of rotatable bonds is 9. The van der Waals surface area contributed by atoms with Gasteiger partial charge in [0.2, 0.25) is 15.9 Å². The number of carboxylic acid groups (broad SMARTS) is 1. The lowest BCUT2D eigenvalue weighted by atomic mass is 10.0. The number of hydrogen-bond acceptors (Lipinski definition) is 8. The normalized spacial score (nSPS) is 15.6. The van der Waals surface area contributed by atoms with Crippen molar-refractivity contribution in [3.05, 3.63) is 88.4 Å². The molecule has 2 aliphatic rings. The number of nitrogens with one attached hydrogen (secondary N) is 2. The maximum absolute atomic E-state index is 13.8. The summed E-state index contributed by atoms with van der Waals surface area (Å²) in [7, 11) is -2.44. The SMILES string of the molecule is CN1CC(Oc2cc(C(N)=O)c(C(=O)Nc3n[nH]c4c3CN(S(=O)(=O)c3cc(F)cc(F)c3)CC4)cc2-n2cccc2C(=O)O)C1. The molecule has 5 N–H and O–H groups in total. The van der Waals surface area contributed by atoms with E-state index in [2.05, 4.69) is 15.5 Å². The number of fused-ring (bicyclic) bond motifs is 1. The highest BCUT2D eigenvalue weighted by molar-refractivity contribution is 7.89. The molecule has 240 valence electrons. The lowest BCUT2D eigenvalue weighted by Gasteiger charge is -2.36. The summed E-state index contributed by atoms with van der Waals surface area (Å²) in [5, 5.41) is 19.2. The molecule has 0 unspecified atom stereocenters. The second-order valence-electron chi connectivity index (χ2n) is 10.9. The molecular formula is C29H27F2N7O7S. The number of nitrogens with zero attached hydrogens (tertiary/aromatic N) is 4. The number of aromatic nitrogens is 3. The van der Waals surface area contributed by atoms with Crippen LogP contribution in [0.5, 0.6) is 5.75 Å². The van der Waals surface area contributed by atoms with Crippen LogP contribution in [0.3, 0.4) is 0 Å². The predicted octanol–water partition coefficient (Wildman–Crippen LogP) is 1.97. The minimum atomic E-state index is -4.33. The largest absolute Gasteiger partial charge is 0.486 e. The molecular weight excluding hydrogens is 628 g/mol. The number of carbonyl (C=O) groups is 3. The van der Waals surface area contributed by atoms with Crippen molar-refractivity contribution in [2.45, 2.75) is 24.0 Å². The maximum atomic E-state index is 13.8. The lowest BCUT2D eigenvalue weighted by Crippen LogP contribution is -2.51. The van der Waals surface area contributed by atoms with E-state index in [1.807, 2.05) is 11.9 Å². The zero-order valence-electron chi connectivity index (χ0n) is 24.2. The van der Waals surface area contributed by atoms with Crippen LogP contribution in [0.1, 0.15) is 42.5 Å². The van der Waals surface area contributed by atoms with Crippen molar-refractivity contribution >= 4 is 33.6 Å². The van der Waals surface area contributed by atoms with Gasteiger partial charge >= 0.3 is 5.97 Å². The number of nitrogens with two attached hydrogens (primary N) is 1. The predicted molar refractivity (Wildman–Crippen MR) is 157 cm³/mol. The van der Waals surface area contributed by atoms with Gasteiger partial charge in [0.25, 0.3) is 5.91 Å². The second-order valence-corrected chi connectivity index (χ2v) is 12.9. The summed E-state index contributed by atoms with van der Waals surface area (Å²) in [6.45, 7) is 0.843. The monoisotopic (exact) mass is 655 g/mol. The van der Waals surface area contributed by atoms with E-state index in [0.29, 0.717) is 42.5 Å². The molecule has 4 aromatic rings. The Bertz CT molecular complexity index is 1980. The molecule has 1 fully saturated rings. The first-order chi connectivity index (χ1) is 21.8. The highest BCUT2D eigenvalue weighted by atomic mass is 32.2. The van der Waals surface area contributed by atoms with Crippen molar-refractivity contribution in [2.75, 3.05) is 32.0 Å². The number of anilines is 1. The molecule has 2 aromatic carbocycles. The molecule has 0 aliphatic carbocycles. The van der Waals surface area contributed by atoms with Gasteiger partial charge in [-0.2, -0.15) is 9.40 Å². The molecule has 0 bridgehead atoms.